The van der Waals surface area contributed by atoms with Crippen molar-refractivity contribution in [2.24, 2.45) is 0 Å². The lowest BCUT2D eigenvalue weighted by molar-refractivity contribution is -0.130. The Bertz CT molecular complexity index is 505. The standard InChI is InChI=1S/C10H16N4O3S/c1-13(8-10(15)14-6-2-3-7-14)18(16,17)9-4-5-11-12-9/h4-5H,2-3,6-8H2,1H3,(H,11,12). The number of carbonyl (C=O) groups is 1. The molecule has 1 aromatic rings. The molecule has 0 spiro atoms. The number of nitrogens with one attached hydrogen (secondary N) is 1. The lowest BCUT2D eigenvalue weighted by Gasteiger charge is -2.20. The minimum atomic E-state index is -3.65. The van der Waals surface area contributed by atoms with E-state index in [0.717, 1.165) is 30.2 Å². The van der Waals surface area contributed by atoms with Gasteiger partial charge >= 0.3 is 0 Å². The maximum absolute atomic E-state index is 12.0. The van der Waals surface area contributed by atoms with Gasteiger partial charge in [0, 0.05) is 20.1 Å². The molecule has 0 saturated carbocycles. The van der Waals surface area contributed by atoms with Gasteiger partial charge in [-0.05, 0) is 18.9 Å². The van der Waals surface area contributed by atoms with Gasteiger partial charge in [0.15, 0.2) is 5.03 Å². The van der Waals surface area contributed by atoms with Crippen molar-refractivity contribution in [3.63, 3.8) is 0 Å². The number of amides is 1. The molecular formula is C10H16N4O3S. The van der Waals surface area contributed by atoms with E-state index in [0.29, 0.717) is 0 Å². The predicted molar refractivity (Wildman–Crippen MR) is 64.2 cm³/mol. The van der Waals surface area contributed by atoms with E-state index in [-0.39, 0.29) is 17.5 Å². The predicted octanol–water partition coefficient (Wildman–Crippen LogP) is -0.347. The number of nitrogens with zero attached hydrogens (tertiary/aromatic N) is 3. The number of sulfonamides is 1. The van der Waals surface area contributed by atoms with Crippen LogP contribution in [0, 0.1) is 0 Å². The van der Waals surface area contributed by atoms with Crippen LogP contribution in [0.25, 0.3) is 0 Å². The van der Waals surface area contributed by atoms with Gasteiger partial charge < -0.3 is 4.90 Å². The average Bonchev–Trinajstić information content (AvgIpc) is 3.02. The number of H-pyrrole nitrogens is 1. The van der Waals surface area contributed by atoms with E-state index in [1.54, 1.807) is 4.90 Å². The summed E-state index contributed by atoms with van der Waals surface area (Å²) >= 11 is 0. The van der Waals surface area contributed by atoms with Crippen LogP contribution >= 0.6 is 0 Å². The van der Waals surface area contributed by atoms with E-state index in [9.17, 15) is 13.2 Å². The first-order valence-electron chi connectivity index (χ1n) is 5.75. The molecule has 8 heteroatoms. The fourth-order valence-corrected chi connectivity index (χ4v) is 2.91. The summed E-state index contributed by atoms with van der Waals surface area (Å²) in [5.41, 5.74) is 0. The van der Waals surface area contributed by atoms with Crippen LogP contribution in [0.2, 0.25) is 0 Å². The zero-order chi connectivity index (χ0) is 13.2. The van der Waals surface area contributed by atoms with Gasteiger partial charge in [0.05, 0.1) is 12.7 Å². The number of hydrogen-bond acceptors (Lipinski definition) is 4. The van der Waals surface area contributed by atoms with Crippen molar-refractivity contribution >= 4 is 15.9 Å². The Kier molecular flexibility index (Phi) is 3.67. The molecule has 2 heterocycles. The van der Waals surface area contributed by atoms with Crippen LogP contribution in [0.1, 0.15) is 12.8 Å². The van der Waals surface area contributed by atoms with E-state index in [1.807, 2.05) is 0 Å². The zero-order valence-corrected chi connectivity index (χ0v) is 11.0. The second kappa shape index (κ2) is 5.07. The number of carbonyl (C=O) groups excluding carboxylic acids is 1. The van der Waals surface area contributed by atoms with Crippen molar-refractivity contribution in [1.82, 2.24) is 19.4 Å². The van der Waals surface area contributed by atoms with Gasteiger partial charge in [-0.3, -0.25) is 9.89 Å². The largest absolute Gasteiger partial charge is 0.342 e. The highest BCUT2D eigenvalue weighted by atomic mass is 32.2. The molecule has 7 nitrogen and oxygen atoms in total. The summed E-state index contributed by atoms with van der Waals surface area (Å²) in [4.78, 5) is 13.6. The van der Waals surface area contributed by atoms with Gasteiger partial charge in [-0.1, -0.05) is 0 Å². The molecule has 0 radical (unpaired) electrons. The number of likely N-dealkylation sites (tertiary alicyclic amines) is 1. The number of likely N-dealkylation sites (N-methyl/N-ethyl adjacent to an activating group) is 1. The molecule has 1 aliphatic heterocycles. The first kappa shape index (κ1) is 13.0. The summed E-state index contributed by atoms with van der Waals surface area (Å²) in [5.74, 6) is -0.155. The van der Waals surface area contributed by atoms with Crippen LogP contribution in [0.15, 0.2) is 17.3 Å². The summed E-state index contributed by atoms with van der Waals surface area (Å²) in [6, 6.07) is 1.37. The topological polar surface area (TPSA) is 86.4 Å². The molecule has 1 fully saturated rings. The molecular weight excluding hydrogens is 256 g/mol. The van der Waals surface area contributed by atoms with E-state index in [4.69, 9.17) is 0 Å². The second-order valence-corrected chi connectivity index (χ2v) is 6.28. The van der Waals surface area contributed by atoms with E-state index < -0.39 is 10.0 Å². The zero-order valence-electron chi connectivity index (χ0n) is 10.2. The van der Waals surface area contributed by atoms with Gasteiger partial charge in [0.1, 0.15) is 0 Å². The minimum absolute atomic E-state index is 0.000720. The quantitative estimate of drug-likeness (QED) is 0.812. The van der Waals surface area contributed by atoms with E-state index in [2.05, 4.69) is 10.2 Å². The van der Waals surface area contributed by atoms with Gasteiger partial charge in [-0.2, -0.15) is 9.40 Å². The monoisotopic (exact) mass is 272 g/mol. The van der Waals surface area contributed by atoms with Gasteiger partial charge in [-0.15, -0.1) is 0 Å². The number of aromatic nitrogens is 2. The van der Waals surface area contributed by atoms with Crippen molar-refractivity contribution < 1.29 is 13.2 Å². The Labute approximate surface area is 106 Å². The first-order chi connectivity index (χ1) is 8.51. The van der Waals surface area contributed by atoms with Crippen molar-refractivity contribution in [3.8, 4) is 0 Å². The maximum Gasteiger partial charge on any atom is 0.260 e. The van der Waals surface area contributed by atoms with Crippen LogP contribution in [-0.2, 0) is 14.8 Å². The lowest BCUT2D eigenvalue weighted by Crippen LogP contribution is -2.39. The number of rotatable bonds is 4. The molecule has 1 aliphatic rings. The number of aromatic amines is 1. The summed E-state index contributed by atoms with van der Waals surface area (Å²) < 4.78 is 25.1. The molecule has 1 saturated heterocycles. The first-order valence-corrected chi connectivity index (χ1v) is 7.19. The molecule has 18 heavy (non-hydrogen) atoms. The third-order valence-corrected chi connectivity index (χ3v) is 4.71. The molecule has 1 amide bonds. The van der Waals surface area contributed by atoms with Crippen molar-refractivity contribution in [3.05, 3.63) is 12.3 Å². The van der Waals surface area contributed by atoms with Crippen LogP contribution in [0.5, 0.6) is 0 Å². The molecule has 1 aromatic heterocycles. The Morgan fingerprint density at radius 3 is 2.72 bits per heavy atom. The van der Waals surface area contributed by atoms with Crippen molar-refractivity contribution in [2.75, 3.05) is 26.7 Å². The summed E-state index contributed by atoms with van der Waals surface area (Å²) in [6.07, 6.45) is 3.34. The summed E-state index contributed by atoms with van der Waals surface area (Å²) in [5, 5.41) is 6.00. The third kappa shape index (κ3) is 2.54. The molecule has 0 atom stereocenters. The van der Waals surface area contributed by atoms with Gasteiger partial charge in [-0.25, -0.2) is 8.42 Å². The second-order valence-electron chi connectivity index (χ2n) is 4.27. The Morgan fingerprint density at radius 2 is 2.17 bits per heavy atom. The van der Waals surface area contributed by atoms with Gasteiger partial charge in [0.25, 0.3) is 10.0 Å². The Morgan fingerprint density at radius 1 is 1.50 bits per heavy atom. The van der Waals surface area contributed by atoms with Crippen LogP contribution < -0.4 is 0 Å². The lowest BCUT2D eigenvalue weighted by atomic mass is 10.4. The van der Waals surface area contributed by atoms with Crippen LogP contribution in [0.4, 0.5) is 0 Å². The van der Waals surface area contributed by atoms with Crippen LogP contribution in [-0.4, -0.2) is 60.4 Å². The highest BCUT2D eigenvalue weighted by Gasteiger charge is 2.27. The minimum Gasteiger partial charge on any atom is -0.342 e. The average molecular weight is 272 g/mol. The highest BCUT2D eigenvalue weighted by molar-refractivity contribution is 7.89. The SMILES string of the molecule is CN(CC(=O)N1CCCC1)S(=O)(=O)c1ccn[nH]1. The fraction of sp³-hybridized carbons (Fsp3) is 0.600. The molecule has 2 rings (SSSR count). The van der Waals surface area contributed by atoms with Crippen molar-refractivity contribution in [1.29, 1.82) is 0 Å². The Hall–Kier alpha value is -1.41. The van der Waals surface area contributed by atoms with Crippen LogP contribution in [0.3, 0.4) is 0 Å². The highest BCUT2D eigenvalue weighted by Crippen LogP contribution is 2.12. The maximum atomic E-state index is 12.0. The fourth-order valence-electron chi connectivity index (χ4n) is 1.90. The van der Waals surface area contributed by atoms with E-state index >= 15 is 0 Å². The summed E-state index contributed by atoms with van der Waals surface area (Å²) in [6.45, 7) is 1.30. The Balaban J connectivity index is 2.03. The summed E-state index contributed by atoms with van der Waals surface area (Å²) in [7, 11) is -2.26. The smallest absolute Gasteiger partial charge is 0.260 e. The normalized spacial score (nSPS) is 16.4. The number of hydrogen-bond donors (Lipinski definition) is 1. The molecule has 0 aliphatic carbocycles. The molecule has 100 valence electrons. The molecule has 0 unspecified atom stereocenters. The molecule has 0 aromatic carbocycles. The van der Waals surface area contributed by atoms with E-state index in [1.165, 1.54) is 19.3 Å². The van der Waals surface area contributed by atoms with Crippen molar-refractivity contribution in [2.45, 2.75) is 17.9 Å². The third-order valence-electron chi connectivity index (χ3n) is 2.98. The van der Waals surface area contributed by atoms with Gasteiger partial charge in [0.2, 0.25) is 5.91 Å². The molecule has 0 bridgehead atoms. The molecule has 1 N–H and O–H groups in total.